The number of benzene rings is 1. The van der Waals surface area contributed by atoms with Crippen molar-refractivity contribution in [2.45, 2.75) is 94.8 Å². The molecule has 212 valence electrons. The number of hydrogen-bond acceptors (Lipinski definition) is 10. The van der Waals surface area contributed by atoms with Crippen LogP contribution in [-0.2, 0) is 5.41 Å². The van der Waals surface area contributed by atoms with E-state index in [9.17, 15) is 0 Å². The van der Waals surface area contributed by atoms with Crippen LogP contribution >= 0.6 is 23.1 Å². The lowest BCUT2D eigenvalue weighted by Crippen LogP contribution is -2.55. The maximum Gasteiger partial charge on any atom is 0.209 e. The number of para-hydroxylation sites is 1. The molecule has 2 unspecified atom stereocenters. The molecule has 0 N–H and O–H groups in total. The molecule has 0 amide bonds. The van der Waals surface area contributed by atoms with E-state index in [2.05, 4.69) is 52.6 Å². The van der Waals surface area contributed by atoms with Crippen molar-refractivity contribution >= 4 is 39.0 Å². The summed E-state index contributed by atoms with van der Waals surface area (Å²) in [7, 11) is 0. The Balaban J connectivity index is 0.884. The molecule has 0 radical (unpaired) electrons. The summed E-state index contributed by atoms with van der Waals surface area (Å²) in [4.78, 5) is 20.3. The number of fused-ring (bicyclic) bond motifs is 4. The topological polar surface area (TPSA) is 64.5 Å². The number of rotatable bonds is 4. The zero-order valence-corrected chi connectivity index (χ0v) is 25.3. The molecule has 8 nitrogen and oxygen atoms in total. The van der Waals surface area contributed by atoms with Gasteiger partial charge in [-0.3, -0.25) is 0 Å². The Bertz CT molecular complexity index is 1340. The van der Waals surface area contributed by atoms with E-state index in [0.717, 1.165) is 40.5 Å². The second kappa shape index (κ2) is 10.00. The number of nitrogens with zero attached hydrogens (tertiary/aromatic N) is 8. The van der Waals surface area contributed by atoms with Crippen LogP contribution in [0.1, 0.15) is 68.6 Å². The summed E-state index contributed by atoms with van der Waals surface area (Å²) in [6.45, 7) is 10.0. The smallest absolute Gasteiger partial charge is 0.209 e. The summed E-state index contributed by atoms with van der Waals surface area (Å²) < 4.78 is 8.95. The van der Waals surface area contributed by atoms with Crippen molar-refractivity contribution in [3.63, 3.8) is 0 Å². The van der Waals surface area contributed by atoms with E-state index in [1.54, 1.807) is 11.5 Å². The van der Waals surface area contributed by atoms with E-state index in [1.807, 2.05) is 13.8 Å². The molecule has 2 bridgehead atoms. The zero-order valence-electron chi connectivity index (χ0n) is 23.7. The molecule has 2 atom stereocenters. The summed E-state index contributed by atoms with van der Waals surface area (Å²) >= 11 is 3.14. The third kappa shape index (κ3) is 4.28. The predicted octanol–water partition coefficient (Wildman–Crippen LogP) is 5.16. The van der Waals surface area contributed by atoms with Crippen LogP contribution in [0.15, 0.2) is 24.3 Å². The molecule has 3 aromatic rings. The lowest BCUT2D eigenvalue weighted by atomic mass is 9.74. The van der Waals surface area contributed by atoms with Crippen molar-refractivity contribution in [3.05, 3.63) is 41.5 Å². The zero-order chi connectivity index (χ0) is 26.8. The van der Waals surface area contributed by atoms with Crippen LogP contribution in [0, 0.1) is 13.8 Å². The first kappa shape index (κ1) is 25.6. The van der Waals surface area contributed by atoms with Crippen LogP contribution in [0.25, 0.3) is 0 Å². The van der Waals surface area contributed by atoms with Gasteiger partial charge >= 0.3 is 0 Å². The quantitative estimate of drug-likeness (QED) is 0.422. The molecule has 0 aliphatic carbocycles. The van der Waals surface area contributed by atoms with E-state index in [0.29, 0.717) is 12.1 Å². The largest absolute Gasteiger partial charge is 0.341 e. The fraction of sp³-hybridized carbons (Fsp3) is 0.667. The predicted molar refractivity (Wildman–Crippen MR) is 162 cm³/mol. The lowest BCUT2D eigenvalue weighted by molar-refractivity contribution is 0.0483. The van der Waals surface area contributed by atoms with Gasteiger partial charge in [0.25, 0.3) is 0 Å². The fourth-order valence-electron chi connectivity index (χ4n) is 8.71. The van der Waals surface area contributed by atoms with Gasteiger partial charge in [-0.05, 0) is 103 Å². The van der Waals surface area contributed by atoms with E-state index in [1.165, 1.54) is 100 Å². The molecule has 40 heavy (non-hydrogen) atoms. The molecule has 10 heteroatoms. The van der Waals surface area contributed by atoms with Gasteiger partial charge in [-0.1, -0.05) is 18.2 Å². The molecular formula is C30H40N8S2. The second-order valence-corrected chi connectivity index (χ2v) is 14.3. The minimum atomic E-state index is 0.242. The Labute approximate surface area is 245 Å². The number of hydrogen-bond donors (Lipinski definition) is 0. The molecule has 4 saturated heterocycles. The Morgan fingerprint density at radius 1 is 0.725 bits per heavy atom. The highest BCUT2D eigenvalue weighted by molar-refractivity contribution is 7.10. The normalized spacial score (nSPS) is 29.0. The third-order valence-electron chi connectivity index (χ3n) is 10.7. The highest BCUT2D eigenvalue weighted by atomic mass is 32.1. The summed E-state index contributed by atoms with van der Waals surface area (Å²) in [6, 6.07) is 11.9. The Hall–Kier alpha value is -2.14. The van der Waals surface area contributed by atoms with Gasteiger partial charge in [-0.15, -0.1) is 0 Å². The number of aryl methyl sites for hydroxylation is 2. The highest BCUT2D eigenvalue weighted by Gasteiger charge is 2.47. The molecule has 5 aliphatic rings. The van der Waals surface area contributed by atoms with Crippen molar-refractivity contribution in [2.24, 2.45) is 0 Å². The number of aromatic nitrogens is 4. The minimum Gasteiger partial charge on any atom is -0.341 e. The van der Waals surface area contributed by atoms with Crippen molar-refractivity contribution < 1.29 is 0 Å². The standard InChI is InChI=1S/C30H40N8S2/c1-20-31-28(39-33-20)37-19-30(26-5-3-4-6-27(26)37)11-15-36(16-12-30)22-9-13-35(14-10-22)25-17-23-7-8-24(18-25)38(23)29-32-21(2)34-40-29/h3-6,22-25H,7-19H2,1-2H3. The van der Waals surface area contributed by atoms with Crippen molar-refractivity contribution in [3.8, 4) is 0 Å². The summed E-state index contributed by atoms with van der Waals surface area (Å²) in [5, 5.41) is 2.21. The third-order valence-corrected chi connectivity index (χ3v) is 12.4. The van der Waals surface area contributed by atoms with Gasteiger partial charge in [0.15, 0.2) is 0 Å². The Morgan fingerprint density at radius 2 is 1.35 bits per heavy atom. The molecule has 1 spiro atoms. The van der Waals surface area contributed by atoms with Crippen molar-refractivity contribution in [1.29, 1.82) is 0 Å². The van der Waals surface area contributed by atoms with Crippen LogP contribution in [0.2, 0.25) is 0 Å². The van der Waals surface area contributed by atoms with Gasteiger partial charge in [0.2, 0.25) is 10.3 Å². The first-order valence-corrected chi connectivity index (χ1v) is 16.9. The molecule has 1 aromatic carbocycles. The van der Waals surface area contributed by atoms with Crippen molar-refractivity contribution in [1.82, 2.24) is 28.5 Å². The molecule has 0 saturated carbocycles. The molecule has 2 aromatic heterocycles. The summed E-state index contributed by atoms with van der Waals surface area (Å²) in [5.74, 6) is 1.80. The molecule has 5 aliphatic heterocycles. The van der Waals surface area contributed by atoms with E-state index < -0.39 is 0 Å². The van der Waals surface area contributed by atoms with E-state index >= 15 is 0 Å². The van der Waals surface area contributed by atoms with Gasteiger partial charge in [0.1, 0.15) is 11.6 Å². The van der Waals surface area contributed by atoms with Gasteiger partial charge < -0.3 is 19.6 Å². The van der Waals surface area contributed by atoms with Gasteiger partial charge in [0.05, 0.1) is 0 Å². The number of anilines is 3. The highest BCUT2D eigenvalue weighted by Crippen LogP contribution is 2.50. The maximum absolute atomic E-state index is 4.75. The first-order chi connectivity index (χ1) is 19.6. The van der Waals surface area contributed by atoms with Crippen LogP contribution in [0.3, 0.4) is 0 Å². The van der Waals surface area contributed by atoms with Crippen LogP contribution in [0.4, 0.5) is 16.0 Å². The second-order valence-electron chi connectivity index (χ2n) is 12.9. The van der Waals surface area contributed by atoms with Crippen molar-refractivity contribution in [2.75, 3.05) is 42.5 Å². The van der Waals surface area contributed by atoms with E-state index in [-0.39, 0.29) is 5.41 Å². The first-order valence-electron chi connectivity index (χ1n) is 15.3. The minimum absolute atomic E-state index is 0.242. The van der Waals surface area contributed by atoms with Gasteiger partial charge in [0, 0.05) is 64.9 Å². The van der Waals surface area contributed by atoms with Crippen LogP contribution < -0.4 is 9.80 Å². The number of piperidine rings is 3. The molecular weight excluding hydrogens is 537 g/mol. The SMILES string of the molecule is Cc1nsc(N2CC3(CCN(C4CCN(C5CC6CCC(C5)N6c5nc(C)ns5)CC4)CC3)c3ccccc32)n1. The maximum atomic E-state index is 4.75. The van der Waals surface area contributed by atoms with E-state index in [4.69, 9.17) is 9.97 Å². The van der Waals surface area contributed by atoms with Crippen LogP contribution in [-0.4, -0.2) is 85.4 Å². The average Bonchev–Trinajstić information content (AvgIpc) is 3.74. The Morgan fingerprint density at radius 3 is 2.00 bits per heavy atom. The van der Waals surface area contributed by atoms with Gasteiger partial charge in [-0.25, -0.2) is 9.97 Å². The fourth-order valence-corrected chi connectivity index (χ4v) is 10.2. The molecule has 7 heterocycles. The number of likely N-dealkylation sites (tertiary alicyclic amines) is 2. The Kier molecular flexibility index (Phi) is 6.39. The molecule has 8 rings (SSSR count). The summed E-state index contributed by atoms with van der Waals surface area (Å²) in [6.07, 6.45) is 10.4. The lowest BCUT2D eigenvalue weighted by Gasteiger charge is -2.48. The van der Waals surface area contributed by atoms with Gasteiger partial charge in [-0.2, -0.15) is 8.75 Å². The molecule has 4 fully saturated rings. The monoisotopic (exact) mass is 576 g/mol. The summed E-state index contributed by atoms with van der Waals surface area (Å²) in [5.41, 5.74) is 3.12. The van der Waals surface area contributed by atoms with Crippen LogP contribution in [0.5, 0.6) is 0 Å². The average molecular weight is 577 g/mol.